The Hall–Kier alpha value is -2.84. The number of thioether (sulfide) groups is 1. The first-order valence-electron chi connectivity index (χ1n) is 8.50. The molecule has 0 unspecified atom stereocenters. The Morgan fingerprint density at radius 1 is 1.04 bits per heavy atom. The Kier molecular flexibility index (Phi) is 5.59. The first-order valence-corrected chi connectivity index (χ1v) is 9.86. The smallest absolute Gasteiger partial charge is 0.277 e. The minimum absolute atomic E-state index is 0.404. The zero-order valence-corrected chi connectivity index (χ0v) is 16.4. The van der Waals surface area contributed by atoms with Gasteiger partial charge in [-0.05, 0) is 43.3 Å². The second-order valence-corrected chi connectivity index (χ2v) is 6.98. The number of hydrogen-bond donors (Lipinski definition) is 0. The van der Waals surface area contributed by atoms with Crippen LogP contribution in [0.4, 0.5) is 0 Å². The molecular weight excluding hydrogens is 400 g/mol. The van der Waals surface area contributed by atoms with Gasteiger partial charge in [0.25, 0.3) is 17.0 Å². The van der Waals surface area contributed by atoms with E-state index in [2.05, 4.69) is 20.3 Å². The molecule has 0 aliphatic rings. The number of nitrogens with zero attached hydrogens (tertiary/aromatic N) is 4. The molecule has 2 aromatic heterocycles. The topological polar surface area (TPSA) is 87.1 Å². The lowest BCUT2D eigenvalue weighted by Gasteiger charge is -2.05. The zero-order valence-electron chi connectivity index (χ0n) is 14.8. The third-order valence-electron chi connectivity index (χ3n) is 3.71. The van der Waals surface area contributed by atoms with E-state index in [4.69, 9.17) is 25.3 Å². The van der Waals surface area contributed by atoms with Gasteiger partial charge in [-0.1, -0.05) is 40.7 Å². The molecule has 4 rings (SSSR count). The summed E-state index contributed by atoms with van der Waals surface area (Å²) in [5.41, 5.74) is 1.56. The van der Waals surface area contributed by atoms with Gasteiger partial charge in [0.1, 0.15) is 5.75 Å². The van der Waals surface area contributed by atoms with E-state index in [0.717, 1.165) is 11.1 Å². The van der Waals surface area contributed by atoms with E-state index in [0.29, 0.717) is 46.0 Å². The van der Waals surface area contributed by atoms with Crippen LogP contribution in [0, 0.1) is 0 Å². The van der Waals surface area contributed by atoms with Gasteiger partial charge in [0, 0.05) is 10.6 Å². The quantitative estimate of drug-likeness (QED) is 0.384. The Bertz CT molecular complexity index is 1060. The zero-order chi connectivity index (χ0) is 19.3. The molecule has 142 valence electrons. The number of benzene rings is 2. The van der Waals surface area contributed by atoms with Crippen molar-refractivity contribution >= 4 is 23.4 Å². The summed E-state index contributed by atoms with van der Waals surface area (Å²) >= 11 is 7.23. The number of halogens is 1. The Morgan fingerprint density at radius 2 is 1.86 bits per heavy atom. The molecule has 9 heteroatoms. The van der Waals surface area contributed by atoms with Crippen molar-refractivity contribution in [3.63, 3.8) is 0 Å². The molecule has 0 radical (unpaired) electrons. The van der Waals surface area contributed by atoms with Gasteiger partial charge in [0.15, 0.2) is 5.82 Å². The van der Waals surface area contributed by atoms with Crippen LogP contribution in [0.5, 0.6) is 5.75 Å². The third kappa shape index (κ3) is 4.18. The second kappa shape index (κ2) is 8.45. The van der Waals surface area contributed by atoms with Crippen LogP contribution in [0.15, 0.2) is 62.7 Å². The van der Waals surface area contributed by atoms with E-state index in [-0.39, 0.29) is 0 Å². The predicted octanol–water partition coefficient (Wildman–Crippen LogP) is 5.13. The van der Waals surface area contributed by atoms with Crippen molar-refractivity contribution in [1.29, 1.82) is 0 Å². The first kappa shape index (κ1) is 18.5. The van der Waals surface area contributed by atoms with Crippen molar-refractivity contribution in [2.45, 2.75) is 17.9 Å². The molecule has 0 spiro atoms. The van der Waals surface area contributed by atoms with Gasteiger partial charge in [0.2, 0.25) is 0 Å². The minimum Gasteiger partial charge on any atom is -0.493 e. The molecule has 7 nitrogen and oxygen atoms in total. The summed E-state index contributed by atoms with van der Waals surface area (Å²) < 4.78 is 16.6. The van der Waals surface area contributed by atoms with E-state index in [9.17, 15) is 0 Å². The molecule has 0 saturated heterocycles. The summed E-state index contributed by atoms with van der Waals surface area (Å²) in [4.78, 5) is 4.38. The largest absolute Gasteiger partial charge is 0.493 e. The Balaban J connectivity index is 1.44. The van der Waals surface area contributed by atoms with Gasteiger partial charge in [0.05, 0.1) is 17.9 Å². The molecule has 0 saturated carbocycles. The third-order valence-corrected chi connectivity index (χ3v) is 4.77. The normalized spacial score (nSPS) is 10.9. The van der Waals surface area contributed by atoms with E-state index < -0.39 is 0 Å². The van der Waals surface area contributed by atoms with E-state index in [1.807, 2.05) is 43.3 Å². The van der Waals surface area contributed by atoms with Crippen molar-refractivity contribution < 1.29 is 13.7 Å². The maximum Gasteiger partial charge on any atom is 0.277 e. The van der Waals surface area contributed by atoms with Crippen LogP contribution in [0.1, 0.15) is 12.7 Å². The lowest BCUT2D eigenvalue weighted by Crippen LogP contribution is -1.93. The molecule has 0 aliphatic heterocycles. The summed E-state index contributed by atoms with van der Waals surface area (Å²) in [7, 11) is 0. The lowest BCUT2D eigenvalue weighted by molar-refractivity contribution is 0.340. The summed E-state index contributed by atoms with van der Waals surface area (Å²) in [6.07, 6.45) is 0. The van der Waals surface area contributed by atoms with Gasteiger partial charge in [-0.15, -0.1) is 10.2 Å². The van der Waals surface area contributed by atoms with Gasteiger partial charge in [-0.2, -0.15) is 4.98 Å². The average Bonchev–Trinajstić information content (AvgIpc) is 3.37. The summed E-state index contributed by atoms with van der Waals surface area (Å²) in [6, 6.07) is 14.7. The fourth-order valence-corrected chi connectivity index (χ4v) is 3.18. The standard InChI is InChI=1S/C19H15ClN4O3S/c1-2-25-15-6-4-3-5-14(15)18-22-23-19(26-18)28-11-16-21-17(27-24-16)12-7-9-13(20)10-8-12/h3-10H,2,11H2,1H3. The highest BCUT2D eigenvalue weighted by atomic mass is 35.5. The number of aromatic nitrogens is 4. The van der Waals surface area contributed by atoms with Crippen molar-refractivity contribution in [3.8, 4) is 28.7 Å². The highest BCUT2D eigenvalue weighted by molar-refractivity contribution is 7.98. The summed E-state index contributed by atoms with van der Waals surface area (Å²) in [5.74, 6) is 2.51. The van der Waals surface area contributed by atoms with Crippen LogP contribution in [0.2, 0.25) is 5.02 Å². The molecule has 2 aromatic carbocycles. The van der Waals surface area contributed by atoms with Gasteiger partial charge in [-0.3, -0.25) is 0 Å². The molecular formula is C19H15ClN4O3S. The van der Waals surface area contributed by atoms with Crippen molar-refractivity contribution in [2.75, 3.05) is 6.61 Å². The van der Waals surface area contributed by atoms with E-state index in [1.54, 1.807) is 12.1 Å². The Morgan fingerprint density at radius 3 is 2.68 bits per heavy atom. The van der Waals surface area contributed by atoms with Crippen LogP contribution < -0.4 is 4.74 Å². The molecule has 2 heterocycles. The number of hydrogen-bond acceptors (Lipinski definition) is 8. The predicted molar refractivity (Wildman–Crippen MR) is 105 cm³/mol. The average molecular weight is 415 g/mol. The highest BCUT2D eigenvalue weighted by Crippen LogP contribution is 2.31. The van der Waals surface area contributed by atoms with E-state index >= 15 is 0 Å². The molecule has 0 aliphatic carbocycles. The van der Waals surface area contributed by atoms with Gasteiger partial charge < -0.3 is 13.7 Å². The van der Waals surface area contributed by atoms with Crippen molar-refractivity contribution in [2.24, 2.45) is 0 Å². The Labute approximate surface area is 170 Å². The lowest BCUT2D eigenvalue weighted by atomic mass is 10.2. The fourth-order valence-electron chi connectivity index (χ4n) is 2.45. The van der Waals surface area contributed by atoms with Crippen LogP contribution in [-0.2, 0) is 5.75 Å². The van der Waals surface area contributed by atoms with Crippen molar-refractivity contribution in [3.05, 3.63) is 59.4 Å². The first-order chi connectivity index (χ1) is 13.7. The highest BCUT2D eigenvalue weighted by Gasteiger charge is 2.15. The number of ether oxygens (including phenoxy) is 1. The molecule has 0 bridgehead atoms. The molecule has 0 amide bonds. The van der Waals surface area contributed by atoms with Crippen LogP contribution in [0.3, 0.4) is 0 Å². The monoisotopic (exact) mass is 414 g/mol. The summed E-state index contributed by atoms with van der Waals surface area (Å²) in [5, 5.41) is 13.2. The van der Waals surface area contributed by atoms with Crippen molar-refractivity contribution in [1.82, 2.24) is 20.3 Å². The van der Waals surface area contributed by atoms with Gasteiger partial charge >= 0.3 is 0 Å². The van der Waals surface area contributed by atoms with Gasteiger partial charge in [-0.25, -0.2) is 0 Å². The molecule has 0 N–H and O–H groups in total. The molecule has 0 atom stereocenters. The minimum atomic E-state index is 0.404. The molecule has 4 aromatic rings. The number of rotatable bonds is 7. The maximum absolute atomic E-state index is 5.89. The van der Waals surface area contributed by atoms with Crippen LogP contribution >= 0.6 is 23.4 Å². The van der Waals surface area contributed by atoms with Crippen LogP contribution in [-0.4, -0.2) is 26.9 Å². The van der Waals surface area contributed by atoms with Crippen LogP contribution in [0.25, 0.3) is 22.9 Å². The van der Waals surface area contributed by atoms with E-state index in [1.165, 1.54) is 11.8 Å². The SMILES string of the molecule is CCOc1ccccc1-c1nnc(SCc2noc(-c3ccc(Cl)cc3)n2)o1. The summed E-state index contributed by atoms with van der Waals surface area (Å²) in [6.45, 7) is 2.48. The number of para-hydroxylation sites is 1. The molecule has 0 fully saturated rings. The second-order valence-electron chi connectivity index (χ2n) is 5.61. The maximum atomic E-state index is 5.89. The fraction of sp³-hybridized carbons (Fsp3) is 0.158. The molecule has 28 heavy (non-hydrogen) atoms.